The molecule has 0 unspecified atom stereocenters. The number of allylic oxidation sites excluding steroid dienone is 2. The van der Waals surface area contributed by atoms with Gasteiger partial charge in [0, 0.05) is 28.2 Å². The van der Waals surface area contributed by atoms with Crippen LogP contribution in [0.15, 0.2) is 39.4 Å². The largest absolute Gasteiger partial charge is 0.334 e. The van der Waals surface area contributed by atoms with E-state index in [1.165, 1.54) is 5.70 Å². The molecule has 4 heteroatoms. The van der Waals surface area contributed by atoms with Crippen molar-refractivity contribution in [3.8, 4) is 0 Å². The maximum absolute atomic E-state index is 5.94. The minimum Gasteiger partial charge on any atom is -0.334 e. The fourth-order valence-electron chi connectivity index (χ4n) is 2.02. The van der Waals surface area contributed by atoms with Gasteiger partial charge in [0.2, 0.25) is 0 Å². The molecule has 0 amide bonds. The van der Waals surface area contributed by atoms with Crippen LogP contribution in [0.2, 0.25) is 5.02 Å². The maximum atomic E-state index is 5.94. The molecule has 1 heterocycles. The van der Waals surface area contributed by atoms with Gasteiger partial charge in [-0.05, 0) is 54.4 Å². The summed E-state index contributed by atoms with van der Waals surface area (Å²) in [7, 11) is 0. The first kappa shape index (κ1) is 13.6. The normalized spacial score (nSPS) is 18.8. The third-order valence-corrected chi connectivity index (χ3v) is 3.97. The average Bonchev–Trinajstić information content (AvgIpc) is 2.80. The molecule has 0 spiro atoms. The molecule has 2 nitrogen and oxygen atoms in total. The van der Waals surface area contributed by atoms with Crippen molar-refractivity contribution in [2.75, 3.05) is 6.54 Å². The molecular weight excluding hydrogens is 312 g/mol. The van der Waals surface area contributed by atoms with Gasteiger partial charge < -0.3 is 4.90 Å². The van der Waals surface area contributed by atoms with Crippen LogP contribution in [0.25, 0.3) is 0 Å². The minimum absolute atomic E-state index is 0.721. The molecule has 2 rings (SSSR count). The number of benzene rings is 1. The molecule has 0 aliphatic carbocycles. The lowest BCUT2D eigenvalue weighted by Gasteiger charge is -2.19. The highest BCUT2D eigenvalue weighted by Crippen LogP contribution is 2.30. The monoisotopic (exact) mass is 326 g/mol. The van der Waals surface area contributed by atoms with Crippen LogP contribution in [0, 0.1) is 0 Å². The summed E-state index contributed by atoms with van der Waals surface area (Å²) in [5.74, 6) is 1.13. The van der Waals surface area contributed by atoms with E-state index in [-0.39, 0.29) is 0 Å². The van der Waals surface area contributed by atoms with Crippen molar-refractivity contribution in [1.82, 2.24) is 4.90 Å². The van der Waals surface area contributed by atoms with E-state index in [4.69, 9.17) is 16.6 Å². The van der Waals surface area contributed by atoms with E-state index in [9.17, 15) is 0 Å². The molecule has 0 saturated carbocycles. The molecule has 1 fully saturated rings. The Morgan fingerprint density at radius 1 is 1.50 bits per heavy atom. The number of amidine groups is 1. The highest BCUT2D eigenvalue weighted by molar-refractivity contribution is 9.10. The van der Waals surface area contributed by atoms with Gasteiger partial charge in [-0.25, -0.2) is 4.99 Å². The molecular formula is C14H16BrClN2. The van der Waals surface area contributed by atoms with Crippen molar-refractivity contribution in [2.45, 2.75) is 26.7 Å². The van der Waals surface area contributed by atoms with Crippen molar-refractivity contribution in [3.63, 3.8) is 0 Å². The highest BCUT2D eigenvalue weighted by Gasteiger charge is 2.19. The van der Waals surface area contributed by atoms with E-state index < -0.39 is 0 Å². The highest BCUT2D eigenvalue weighted by atomic mass is 79.9. The van der Waals surface area contributed by atoms with Gasteiger partial charge in [-0.3, -0.25) is 0 Å². The smallest absolute Gasteiger partial charge is 0.109 e. The van der Waals surface area contributed by atoms with Crippen LogP contribution >= 0.6 is 27.5 Å². The van der Waals surface area contributed by atoms with Gasteiger partial charge in [0.25, 0.3) is 0 Å². The Labute approximate surface area is 121 Å². The van der Waals surface area contributed by atoms with Crippen molar-refractivity contribution < 1.29 is 0 Å². The molecule has 0 bridgehead atoms. The van der Waals surface area contributed by atoms with Gasteiger partial charge in [0.05, 0.1) is 5.69 Å². The van der Waals surface area contributed by atoms with E-state index in [1.54, 1.807) is 0 Å². The SMILES string of the molecule is C/C=C(/C)N1CCCC1=Nc1ccc(Cl)cc1Br. The lowest BCUT2D eigenvalue weighted by atomic mass is 10.3. The molecule has 1 aromatic carbocycles. The summed E-state index contributed by atoms with van der Waals surface area (Å²) >= 11 is 9.44. The van der Waals surface area contributed by atoms with Crippen molar-refractivity contribution >= 4 is 39.1 Å². The quantitative estimate of drug-likeness (QED) is 0.733. The fraction of sp³-hybridized carbons (Fsp3) is 0.357. The molecule has 0 atom stereocenters. The number of aliphatic imine (C=N–C) groups is 1. The van der Waals surface area contributed by atoms with Crippen LogP contribution in [-0.2, 0) is 0 Å². The van der Waals surface area contributed by atoms with Gasteiger partial charge in [-0.1, -0.05) is 17.7 Å². The van der Waals surface area contributed by atoms with Crippen LogP contribution in [0.3, 0.4) is 0 Å². The van der Waals surface area contributed by atoms with E-state index in [0.29, 0.717) is 0 Å². The number of likely N-dealkylation sites (tertiary alicyclic amines) is 1. The molecule has 18 heavy (non-hydrogen) atoms. The summed E-state index contributed by atoms with van der Waals surface area (Å²) in [4.78, 5) is 7.02. The summed E-state index contributed by atoms with van der Waals surface area (Å²) in [6.45, 7) is 5.24. The van der Waals surface area contributed by atoms with E-state index >= 15 is 0 Å². The van der Waals surface area contributed by atoms with E-state index in [0.717, 1.165) is 40.4 Å². The summed E-state index contributed by atoms with van der Waals surface area (Å²) in [5.41, 5.74) is 2.20. The van der Waals surface area contributed by atoms with Gasteiger partial charge in [0.15, 0.2) is 0 Å². The molecule has 1 saturated heterocycles. The number of rotatable bonds is 2. The zero-order valence-corrected chi connectivity index (χ0v) is 12.9. The predicted octanol–water partition coefficient (Wildman–Crippen LogP) is 5.15. The van der Waals surface area contributed by atoms with Crippen LogP contribution in [0.4, 0.5) is 5.69 Å². The van der Waals surface area contributed by atoms with Crippen molar-refractivity contribution in [1.29, 1.82) is 0 Å². The van der Waals surface area contributed by atoms with Crippen LogP contribution in [-0.4, -0.2) is 17.3 Å². The lowest BCUT2D eigenvalue weighted by Crippen LogP contribution is -2.22. The first-order valence-corrected chi connectivity index (χ1v) is 7.22. The molecule has 0 aromatic heterocycles. The Morgan fingerprint density at radius 2 is 2.28 bits per heavy atom. The minimum atomic E-state index is 0.721. The van der Waals surface area contributed by atoms with Crippen LogP contribution in [0.1, 0.15) is 26.7 Å². The Bertz CT molecular complexity index is 509. The molecule has 1 aromatic rings. The summed E-state index contributed by atoms with van der Waals surface area (Å²) in [6.07, 6.45) is 4.31. The second-order valence-electron chi connectivity index (χ2n) is 4.31. The third-order valence-electron chi connectivity index (χ3n) is 3.10. The predicted molar refractivity (Wildman–Crippen MR) is 81.6 cm³/mol. The Hall–Kier alpha value is -0.800. The van der Waals surface area contributed by atoms with Crippen molar-refractivity contribution in [2.24, 2.45) is 4.99 Å². The maximum Gasteiger partial charge on any atom is 0.109 e. The summed E-state index contributed by atoms with van der Waals surface area (Å²) in [5, 5.41) is 0.721. The Balaban J connectivity index is 2.32. The number of halogens is 2. The van der Waals surface area contributed by atoms with E-state index in [1.807, 2.05) is 18.2 Å². The first-order valence-electron chi connectivity index (χ1n) is 6.05. The topological polar surface area (TPSA) is 15.6 Å². The Kier molecular flexibility index (Phi) is 4.46. The lowest BCUT2D eigenvalue weighted by molar-refractivity contribution is 0.555. The molecule has 96 valence electrons. The van der Waals surface area contributed by atoms with Gasteiger partial charge >= 0.3 is 0 Å². The molecule has 0 radical (unpaired) electrons. The number of hydrogen-bond donors (Lipinski definition) is 0. The van der Waals surface area contributed by atoms with Crippen LogP contribution in [0.5, 0.6) is 0 Å². The molecule has 1 aliphatic rings. The summed E-state index contributed by atoms with van der Waals surface area (Å²) in [6, 6.07) is 5.69. The standard InChI is InChI=1S/C14H16BrClN2/c1-3-10(2)18-8-4-5-14(18)17-13-7-6-11(16)9-12(13)15/h3,6-7,9H,4-5,8H2,1-2H3/b10-3-,17-14?. The van der Waals surface area contributed by atoms with Crippen molar-refractivity contribution in [3.05, 3.63) is 39.5 Å². The second-order valence-corrected chi connectivity index (χ2v) is 5.60. The van der Waals surface area contributed by atoms with Crippen LogP contribution < -0.4 is 0 Å². The molecule has 1 aliphatic heterocycles. The van der Waals surface area contributed by atoms with Gasteiger partial charge in [0.1, 0.15) is 5.84 Å². The Morgan fingerprint density at radius 3 is 2.94 bits per heavy atom. The number of hydrogen-bond acceptors (Lipinski definition) is 1. The average molecular weight is 328 g/mol. The third kappa shape index (κ3) is 2.96. The number of nitrogens with zero attached hydrogens (tertiary/aromatic N) is 2. The fourth-order valence-corrected chi connectivity index (χ4v) is 2.79. The van der Waals surface area contributed by atoms with Gasteiger partial charge in [-0.2, -0.15) is 0 Å². The zero-order chi connectivity index (χ0) is 13.1. The first-order chi connectivity index (χ1) is 8.61. The summed E-state index contributed by atoms with van der Waals surface area (Å²) < 4.78 is 0.937. The second kappa shape index (κ2) is 5.89. The van der Waals surface area contributed by atoms with E-state index in [2.05, 4.69) is 40.8 Å². The molecule has 0 N–H and O–H groups in total. The zero-order valence-electron chi connectivity index (χ0n) is 10.6. The van der Waals surface area contributed by atoms with Gasteiger partial charge in [-0.15, -0.1) is 0 Å².